The summed E-state index contributed by atoms with van der Waals surface area (Å²) in [6.07, 6.45) is 1.93. The van der Waals surface area contributed by atoms with Crippen molar-refractivity contribution in [2.24, 2.45) is 5.92 Å². The first-order chi connectivity index (χ1) is 16.5. The first-order valence-corrected chi connectivity index (χ1v) is 11.8. The molecule has 0 radical (unpaired) electrons. The monoisotopic (exact) mass is 456 g/mol. The molecule has 5 rings (SSSR count). The second-order valence-electron chi connectivity index (χ2n) is 8.98. The highest BCUT2D eigenvalue weighted by atomic mass is 19.1. The molecule has 0 atom stereocenters. The number of benzene rings is 3. The molecule has 3 aromatic carbocycles. The maximum absolute atomic E-state index is 13.5. The SMILES string of the molecule is CCOc1ccc(-c2c(C)n(Cc3ccc(F)cc3)c3c(N(C)C(=O)C4CC4)cccc23)cc1. The van der Waals surface area contributed by atoms with Crippen LogP contribution in [0.25, 0.3) is 22.0 Å². The molecule has 0 bridgehead atoms. The summed E-state index contributed by atoms with van der Waals surface area (Å²) < 4.78 is 21.4. The van der Waals surface area contributed by atoms with Crippen LogP contribution in [0.2, 0.25) is 0 Å². The predicted molar refractivity (Wildman–Crippen MR) is 135 cm³/mol. The van der Waals surface area contributed by atoms with Gasteiger partial charge in [0, 0.05) is 36.2 Å². The number of fused-ring (bicyclic) bond motifs is 1. The molecule has 174 valence electrons. The van der Waals surface area contributed by atoms with Crippen LogP contribution in [-0.4, -0.2) is 24.1 Å². The van der Waals surface area contributed by atoms with E-state index in [2.05, 4.69) is 29.7 Å². The summed E-state index contributed by atoms with van der Waals surface area (Å²) in [5.74, 6) is 0.896. The molecule has 0 spiro atoms. The quantitative estimate of drug-likeness (QED) is 0.315. The van der Waals surface area contributed by atoms with Gasteiger partial charge in [0.05, 0.1) is 17.8 Å². The van der Waals surface area contributed by atoms with Crippen LogP contribution >= 0.6 is 0 Å². The number of para-hydroxylation sites is 1. The highest BCUT2D eigenvalue weighted by Gasteiger charge is 2.33. The molecule has 0 aliphatic heterocycles. The van der Waals surface area contributed by atoms with Gasteiger partial charge in [-0.3, -0.25) is 4.79 Å². The number of hydrogen-bond acceptors (Lipinski definition) is 2. The summed E-state index contributed by atoms with van der Waals surface area (Å²) in [4.78, 5) is 14.8. The minimum Gasteiger partial charge on any atom is -0.494 e. The molecule has 34 heavy (non-hydrogen) atoms. The van der Waals surface area contributed by atoms with Crippen LogP contribution in [0.5, 0.6) is 5.75 Å². The van der Waals surface area contributed by atoms with Crippen molar-refractivity contribution in [1.82, 2.24) is 4.57 Å². The van der Waals surface area contributed by atoms with Crippen molar-refractivity contribution in [2.75, 3.05) is 18.6 Å². The van der Waals surface area contributed by atoms with Crippen molar-refractivity contribution >= 4 is 22.5 Å². The largest absolute Gasteiger partial charge is 0.494 e. The van der Waals surface area contributed by atoms with Gasteiger partial charge in [-0.25, -0.2) is 4.39 Å². The Kier molecular flexibility index (Phi) is 5.86. The van der Waals surface area contributed by atoms with Crippen molar-refractivity contribution in [3.05, 3.63) is 83.8 Å². The van der Waals surface area contributed by atoms with E-state index in [4.69, 9.17) is 4.74 Å². The Hall–Kier alpha value is -3.60. The van der Waals surface area contributed by atoms with Crippen molar-refractivity contribution in [1.29, 1.82) is 0 Å². The molecule has 1 amide bonds. The molecule has 0 saturated heterocycles. The third-order valence-electron chi connectivity index (χ3n) is 6.65. The number of anilines is 1. The molecule has 4 aromatic rings. The number of carbonyl (C=O) groups is 1. The van der Waals surface area contributed by atoms with Crippen LogP contribution in [0.3, 0.4) is 0 Å². The third-order valence-corrected chi connectivity index (χ3v) is 6.65. The van der Waals surface area contributed by atoms with Crippen LogP contribution in [0, 0.1) is 18.7 Å². The Labute approximate surface area is 199 Å². The zero-order chi connectivity index (χ0) is 23.8. The minimum absolute atomic E-state index is 0.132. The van der Waals surface area contributed by atoms with E-state index in [1.165, 1.54) is 12.1 Å². The van der Waals surface area contributed by atoms with Crippen molar-refractivity contribution in [2.45, 2.75) is 33.2 Å². The lowest BCUT2D eigenvalue weighted by atomic mass is 10.0. The number of amides is 1. The molecule has 4 nitrogen and oxygen atoms in total. The highest BCUT2D eigenvalue weighted by molar-refractivity contribution is 6.08. The minimum atomic E-state index is -0.247. The summed E-state index contributed by atoms with van der Waals surface area (Å²) in [6.45, 7) is 5.30. The summed E-state index contributed by atoms with van der Waals surface area (Å²) in [5.41, 5.74) is 6.25. The molecule has 1 aliphatic rings. The van der Waals surface area contributed by atoms with E-state index >= 15 is 0 Å². The van der Waals surface area contributed by atoms with Gasteiger partial charge < -0.3 is 14.2 Å². The average molecular weight is 457 g/mol. The van der Waals surface area contributed by atoms with E-state index in [1.54, 1.807) is 0 Å². The summed E-state index contributed by atoms with van der Waals surface area (Å²) >= 11 is 0. The van der Waals surface area contributed by atoms with Crippen LogP contribution in [0.4, 0.5) is 10.1 Å². The molecular weight excluding hydrogens is 427 g/mol. The van der Waals surface area contributed by atoms with Gasteiger partial charge in [0.25, 0.3) is 0 Å². The third kappa shape index (κ3) is 4.07. The maximum atomic E-state index is 13.5. The van der Waals surface area contributed by atoms with E-state index in [0.717, 1.165) is 57.6 Å². The maximum Gasteiger partial charge on any atom is 0.229 e. The number of halogens is 1. The first-order valence-electron chi connectivity index (χ1n) is 11.8. The van der Waals surface area contributed by atoms with Gasteiger partial charge >= 0.3 is 0 Å². The number of aromatic nitrogens is 1. The highest BCUT2D eigenvalue weighted by Crippen LogP contribution is 2.41. The smallest absolute Gasteiger partial charge is 0.229 e. The topological polar surface area (TPSA) is 34.5 Å². The fourth-order valence-electron chi connectivity index (χ4n) is 4.73. The molecule has 1 heterocycles. The molecule has 5 heteroatoms. The summed E-state index contributed by atoms with van der Waals surface area (Å²) in [5, 5.41) is 1.09. The van der Waals surface area contributed by atoms with E-state index in [0.29, 0.717) is 13.2 Å². The summed E-state index contributed by atoms with van der Waals surface area (Å²) in [7, 11) is 1.87. The number of hydrogen-bond donors (Lipinski definition) is 0. The Balaban J connectivity index is 1.69. The Morgan fingerprint density at radius 3 is 2.41 bits per heavy atom. The second kappa shape index (κ2) is 8.98. The van der Waals surface area contributed by atoms with Crippen LogP contribution < -0.4 is 9.64 Å². The van der Waals surface area contributed by atoms with Gasteiger partial charge in [0.15, 0.2) is 0 Å². The van der Waals surface area contributed by atoms with Crippen molar-refractivity contribution < 1.29 is 13.9 Å². The molecule has 1 aromatic heterocycles. The number of rotatable bonds is 7. The Morgan fingerprint density at radius 1 is 1.06 bits per heavy atom. The van der Waals surface area contributed by atoms with Crippen LogP contribution in [-0.2, 0) is 11.3 Å². The Bertz CT molecular complexity index is 1340. The fourth-order valence-corrected chi connectivity index (χ4v) is 4.73. The van der Waals surface area contributed by atoms with Crippen LogP contribution in [0.15, 0.2) is 66.7 Å². The van der Waals surface area contributed by atoms with Gasteiger partial charge in [0.2, 0.25) is 5.91 Å². The molecule has 1 fully saturated rings. The molecule has 0 unspecified atom stereocenters. The normalized spacial score (nSPS) is 13.3. The molecular formula is C29H29FN2O2. The summed E-state index contributed by atoms with van der Waals surface area (Å²) in [6, 6.07) is 20.9. The van der Waals surface area contributed by atoms with Gasteiger partial charge in [0.1, 0.15) is 11.6 Å². The van der Waals surface area contributed by atoms with E-state index in [9.17, 15) is 9.18 Å². The first kappa shape index (κ1) is 22.2. The molecule has 1 aliphatic carbocycles. The molecule has 1 saturated carbocycles. The zero-order valence-electron chi connectivity index (χ0n) is 19.8. The van der Waals surface area contributed by atoms with Gasteiger partial charge in [-0.15, -0.1) is 0 Å². The second-order valence-corrected chi connectivity index (χ2v) is 8.98. The zero-order valence-corrected chi connectivity index (χ0v) is 19.8. The van der Waals surface area contributed by atoms with Gasteiger partial charge in [-0.05, 0) is 68.1 Å². The van der Waals surface area contributed by atoms with Gasteiger partial charge in [-0.2, -0.15) is 0 Å². The van der Waals surface area contributed by atoms with E-state index in [-0.39, 0.29) is 17.6 Å². The fraction of sp³-hybridized carbons (Fsp3) is 0.276. The van der Waals surface area contributed by atoms with Gasteiger partial charge in [-0.1, -0.05) is 36.4 Å². The van der Waals surface area contributed by atoms with Crippen molar-refractivity contribution in [3.8, 4) is 16.9 Å². The van der Waals surface area contributed by atoms with E-state index in [1.807, 2.05) is 55.3 Å². The van der Waals surface area contributed by atoms with Crippen LogP contribution in [0.1, 0.15) is 31.0 Å². The lowest BCUT2D eigenvalue weighted by Crippen LogP contribution is -2.28. The average Bonchev–Trinajstić information content (AvgIpc) is 3.66. The lowest BCUT2D eigenvalue weighted by molar-refractivity contribution is -0.119. The Morgan fingerprint density at radius 2 is 1.76 bits per heavy atom. The number of nitrogens with zero attached hydrogens (tertiary/aromatic N) is 2. The van der Waals surface area contributed by atoms with Crippen molar-refractivity contribution in [3.63, 3.8) is 0 Å². The standard InChI is InChI=1S/C29H29FN2O2/c1-4-34-24-16-12-21(13-17-24)27-19(2)32(18-20-8-14-23(30)15-9-20)28-25(27)6-5-7-26(28)31(3)29(33)22-10-11-22/h5-9,12-17,22H,4,10-11,18H2,1-3H3. The predicted octanol–water partition coefficient (Wildman–Crippen LogP) is 6.58. The lowest BCUT2D eigenvalue weighted by Gasteiger charge is -2.20. The number of carbonyl (C=O) groups excluding carboxylic acids is 1. The molecule has 0 N–H and O–H groups in total. The van der Waals surface area contributed by atoms with E-state index < -0.39 is 0 Å². The number of ether oxygens (including phenoxy) is 1.